The normalized spacial score (nSPS) is 16.2. The van der Waals surface area contributed by atoms with Gasteiger partial charge in [0.1, 0.15) is 5.75 Å². The van der Waals surface area contributed by atoms with Crippen LogP contribution in [0.2, 0.25) is 0 Å². The molecular formula is C20H21NO4. The zero-order valence-corrected chi connectivity index (χ0v) is 14.1. The fourth-order valence-corrected chi connectivity index (χ4v) is 3.07. The quantitative estimate of drug-likeness (QED) is 0.910. The van der Waals surface area contributed by atoms with Gasteiger partial charge < -0.3 is 14.7 Å². The third-order valence-corrected chi connectivity index (χ3v) is 4.54. The summed E-state index contributed by atoms with van der Waals surface area (Å²) in [5, 5.41) is 9.47. The molecule has 1 amide bonds. The van der Waals surface area contributed by atoms with E-state index in [4.69, 9.17) is 4.74 Å². The number of ether oxygens (including phenoxy) is 1. The summed E-state index contributed by atoms with van der Waals surface area (Å²) in [7, 11) is 0. The van der Waals surface area contributed by atoms with E-state index in [1.54, 1.807) is 4.90 Å². The summed E-state index contributed by atoms with van der Waals surface area (Å²) in [6.45, 7) is 2.56. The summed E-state index contributed by atoms with van der Waals surface area (Å²) in [4.78, 5) is 25.6. The van der Waals surface area contributed by atoms with E-state index in [1.165, 1.54) is 5.56 Å². The molecule has 0 spiro atoms. The van der Waals surface area contributed by atoms with E-state index >= 15 is 0 Å². The van der Waals surface area contributed by atoms with Gasteiger partial charge in [-0.1, -0.05) is 43.3 Å². The molecule has 0 aliphatic carbocycles. The van der Waals surface area contributed by atoms with Gasteiger partial charge in [-0.2, -0.15) is 0 Å². The molecule has 1 unspecified atom stereocenters. The van der Waals surface area contributed by atoms with Crippen molar-refractivity contribution in [2.24, 2.45) is 0 Å². The van der Waals surface area contributed by atoms with Crippen LogP contribution in [0.3, 0.4) is 0 Å². The molecule has 0 bridgehead atoms. The Morgan fingerprint density at radius 2 is 1.88 bits per heavy atom. The number of amides is 1. The van der Waals surface area contributed by atoms with Crippen molar-refractivity contribution in [1.82, 2.24) is 4.90 Å². The maximum absolute atomic E-state index is 12.5. The molecule has 1 aliphatic rings. The van der Waals surface area contributed by atoms with Crippen molar-refractivity contribution in [2.45, 2.75) is 25.8 Å². The molecule has 130 valence electrons. The first-order valence-corrected chi connectivity index (χ1v) is 8.38. The molecule has 2 aromatic carbocycles. The smallest absolute Gasteiger partial charge is 0.312 e. The fraction of sp³-hybridized carbons (Fsp3) is 0.300. The minimum absolute atomic E-state index is 0.0972. The van der Waals surface area contributed by atoms with Crippen molar-refractivity contribution in [1.29, 1.82) is 0 Å². The highest BCUT2D eigenvalue weighted by Gasteiger charge is 2.32. The van der Waals surface area contributed by atoms with Crippen LogP contribution in [0.1, 0.15) is 29.5 Å². The van der Waals surface area contributed by atoms with Gasteiger partial charge in [-0.15, -0.1) is 0 Å². The van der Waals surface area contributed by atoms with Crippen LogP contribution in [0.5, 0.6) is 5.75 Å². The standard InChI is InChI=1S/C20H21NO4/c1-2-14-7-9-16(10-8-14)25-13-19(22)21-11-15-5-3-4-6-17(15)18(12-21)20(23)24/h3-10,18H,2,11-13H2,1H3,(H,23,24). The van der Waals surface area contributed by atoms with Gasteiger partial charge in [0.15, 0.2) is 6.61 Å². The third-order valence-electron chi connectivity index (χ3n) is 4.54. The SMILES string of the molecule is CCc1ccc(OCC(=O)N2Cc3ccccc3C(C(=O)O)C2)cc1. The Morgan fingerprint density at radius 3 is 2.56 bits per heavy atom. The second kappa shape index (κ2) is 7.38. The molecule has 0 saturated carbocycles. The molecule has 5 nitrogen and oxygen atoms in total. The van der Waals surface area contributed by atoms with E-state index in [9.17, 15) is 14.7 Å². The lowest BCUT2D eigenvalue weighted by atomic mass is 9.90. The minimum atomic E-state index is -0.916. The van der Waals surface area contributed by atoms with Crippen LogP contribution >= 0.6 is 0 Å². The first-order valence-electron chi connectivity index (χ1n) is 8.38. The van der Waals surface area contributed by atoms with Crippen LogP contribution in [-0.4, -0.2) is 35.0 Å². The Balaban J connectivity index is 1.67. The van der Waals surface area contributed by atoms with Crippen LogP contribution in [0, 0.1) is 0 Å². The van der Waals surface area contributed by atoms with Gasteiger partial charge in [0, 0.05) is 13.1 Å². The van der Waals surface area contributed by atoms with E-state index in [0.29, 0.717) is 12.3 Å². The van der Waals surface area contributed by atoms with Gasteiger partial charge in [0.2, 0.25) is 0 Å². The summed E-state index contributed by atoms with van der Waals surface area (Å²) in [6, 6.07) is 15.0. The van der Waals surface area contributed by atoms with E-state index in [0.717, 1.165) is 17.5 Å². The second-order valence-electron chi connectivity index (χ2n) is 6.15. The molecule has 1 aliphatic heterocycles. The molecule has 0 aromatic heterocycles. The Bertz CT molecular complexity index is 770. The molecule has 25 heavy (non-hydrogen) atoms. The van der Waals surface area contributed by atoms with Crippen molar-refractivity contribution >= 4 is 11.9 Å². The van der Waals surface area contributed by atoms with Crippen molar-refractivity contribution in [2.75, 3.05) is 13.2 Å². The number of aliphatic carboxylic acids is 1. The van der Waals surface area contributed by atoms with Crippen LogP contribution in [0.15, 0.2) is 48.5 Å². The molecule has 3 rings (SSSR count). The van der Waals surface area contributed by atoms with Crippen molar-refractivity contribution in [3.63, 3.8) is 0 Å². The zero-order chi connectivity index (χ0) is 17.8. The van der Waals surface area contributed by atoms with Crippen molar-refractivity contribution in [3.8, 4) is 5.75 Å². The first-order chi connectivity index (χ1) is 12.1. The van der Waals surface area contributed by atoms with Gasteiger partial charge in [-0.25, -0.2) is 0 Å². The van der Waals surface area contributed by atoms with E-state index < -0.39 is 11.9 Å². The number of carboxylic acid groups (broad SMARTS) is 1. The molecular weight excluding hydrogens is 318 g/mol. The van der Waals surface area contributed by atoms with Gasteiger partial charge >= 0.3 is 5.97 Å². The molecule has 0 fully saturated rings. The fourth-order valence-electron chi connectivity index (χ4n) is 3.07. The van der Waals surface area contributed by atoms with Crippen molar-refractivity contribution in [3.05, 3.63) is 65.2 Å². The number of hydrogen-bond donors (Lipinski definition) is 1. The van der Waals surface area contributed by atoms with Gasteiger partial charge in [0.05, 0.1) is 5.92 Å². The lowest BCUT2D eigenvalue weighted by Gasteiger charge is -2.32. The van der Waals surface area contributed by atoms with E-state index in [2.05, 4.69) is 6.92 Å². The molecule has 1 heterocycles. The molecule has 0 saturated heterocycles. The largest absolute Gasteiger partial charge is 0.484 e. The lowest BCUT2D eigenvalue weighted by molar-refractivity contribution is -0.142. The molecule has 1 N–H and O–H groups in total. The summed E-state index contributed by atoms with van der Waals surface area (Å²) >= 11 is 0. The predicted octanol–water partition coefficient (Wildman–Crippen LogP) is 2.84. The van der Waals surface area contributed by atoms with Gasteiger partial charge in [-0.05, 0) is 35.2 Å². The lowest BCUT2D eigenvalue weighted by Crippen LogP contribution is -2.42. The summed E-state index contributed by atoms with van der Waals surface area (Å²) in [5.74, 6) is -1.18. The number of carbonyl (C=O) groups is 2. The van der Waals surface area contributed by atoms with Crippen LogP contribution < -0.4 is 4.74 Å². The first kappa shape index (κ1) is 17.0. The highest BCUT2D eigenvalue weighted by molar-refractivity contribution is 5.82. The van der Waals surface area contributed by atoms with E-state index in [-0.39, 0.29) is 19.1 Å². The third kappa shape index (κ3) is 3.82. The number of rotatable bonds is 5. The highest BCUT2D eigenvalue weighted by Crippen LogP contribution is 2.28. The van der Waals surface area contributed by atoms with Gasteiger partial charge in [0.25, 0.3) is 5.91 Å². The van der Waals surface area contributed by atoms with Crippen LogP contribution in [0.4, 0.5) is 0 Å². The highest BCUT2D eigenvalue weighted by atomic mass is 16.5. The van der Waals surface area contributed by atoms with Crippen LogP contribution in [0.25, 0.3) is 0 Å². The number of benzene rings is 2. The number of fused-ring (bicyclic) bond motifs is 1. The summed E-state index contributed by atoms with van der Waals surface area (Å²) in [5.41, 5.74) is 2.87. The molecule has 1 atom stereocenters. The molecule has 5 heteroatoms. The second-order valence-corrected chi connectivity index (χ2v) is 6.15. The summed E-state index contributed by atoms with van der Waals surface area (Å²) < 4.78 is 5.57. The van der Waals surface area contributed by atoms with E-state index in [1.807, 2.05) is 48.5 Å². The number of carboxylic acids is 1. The molecule has 0 radical (unpaired) electrons. The minimum Gasteiger partial charge on any atom is -0.484 e. The predicted molar refractivity (Wildman–Crippen MR) is 93.6 cm³/mol. The maximum atomic E-state index is 12.5. The Labute approximate surface area is 146 Å². The number of carbonyl (C=O) groups excluding carboxylic acids is 1. The number of hydrogen-bond acceptors (Lipinski definition) is 3. The van der Waals surface area contributed by atoms with Gasteiger partial charge in [-0.3, -0.25) is 9.59 Å². The van der Waals surface area contributed by atoms with Crippen LogP contribution in [-0.2, 0) is 22.6 Å². The van der Waals surface area contributed by atoms with Crippen molar-refractivity contribution < 1.29 is 19.4 Å². The average molecular weight is 339 g/mol. The topological polar surface area (TPSA) is 66.8 Å². The number of aryl methyl sites for hydroxylation is 1. The maximum Gasteiger partial charge on any atom is 0.312 e. The number of nitrogens with zero attached hydrogens (tertiary/aromatic N) is 1. The average Bonchev–Trinajstić information content (AvgIpc) is 2.65. The Hall–Kier alpha value is -2.82. The molecule has 2 aromatic rings. The monoisotopic (exact) mass is 339 g/mol. The Kier molecular flexibility index (Phi) is 5.03. The zero-order valence-electron chi connectivity index (χ0n) is 14.1. The summed E-state index contributed by atoms with van der Waals surface area (Å²) in [6.07, 6.45) is 0.947. The Morgan fingerprint density at radius 1 is 1.16 bits per heavy atom.